The molecular formula is C15H21N3. The van der Waals surface area contributed by atoms with Crippen molar-refractivity contribution in [2.75, 3.05) is 13.1 Å². The van der Waals surface area contributed by atoms with Gasteiger partial charge in [0.1, 0.15) is 0 Å². The van der Waals surface area contributed by atoms with Crippen molar-refractivity contribution in [2.45, 2.75) is 37.8 Å². The first-order chi connectivity index (χ1) is 8.78. The molecule has 18 heavy (non-hydrogen) atoms. The number of nitrogens with zero attached hydrogens (tertiary/aromatic N) is 2. The minimum atomic E-state index is 0.330. The third-order valence-corrected chi connectivity index (χ3v) is 4.44. The lowest BCUT2D eigenvalue weighted by Gasteiger charge is -2.41. The van der Waals surface area contributed by atoms with Gasteiger partial charge in [0.15, 0.2) is 0 Å². The van der Waals surface area contributed by atoms with Crippen LogP contribution in [-0.2, 0) is 12.0 Å². The van der Waals surface area contributed by atoms with Crippen LogP contribution in [0.3, 0.4) is 0 Å². The SMILES string of the molecule is C=NNCC(C)N1CCc2ccccc2C12CC2. The van der Waals surface area contributed by atoms with E-state index < -0.39 is 0 Å². The third kappa shape index (κ3) is 1.74. The van der Waals surface area contributed by atoms with Crippen LogP contribution in [-0.4, -0.2) is 30.7 Å². The summed E-state index contributed by atoms with van der Waals surface area (Å²) in [6.07, 6.45) is 3.77. The fraction of sp³-hybridized carbons (Fsp3) is 0.533. The first-order valence-electron chi connectivity index (χ1n) is 6.82. The molecule has 3 rings (SSSR count). The van der Waals surface area contributed by atoms with Crippen LogP contribution in [0.4, 0.5) is 0 Å². The van der Waals surface area contributed by atoms with Crippen LogP contribution in [0.2, 0.25) is 0 Å². The summed E-state index contributed by atoms with van der Waals surface area (Å²) in [6, 6.07) is 9.46. The Hall–Kier alpha value is -1.35. The van der Waals surface area contributed by atoms with Gasteiger partial charge in [0.05, 0.1) is 0 Å². The number of hydrogen-bond donors (Lipinski definition) is 1. The number of rotatable bonds is 4. The second-order valence-corrected chi connectivity index (χ2v) is 5.50. The molecule has 1 aromatic rings. The Bertz CT molecular complexity index is 451. The summed E-state index contributed by atoms with van der Waals surface area (Å²) in [6.45, 7) is 7.82. The normalized spacial score (nSPS) is 22.3. The zero-order chi connectivity index (χ0) is 12.6. The highest BCUT2D eigenvalue weighted by Gasteiger charge is 2.53. The lowest BCUT2D eigenvalue weighted by Crippen LogP contribution is -2.49. The fourth-order valence-electron chi connectivity index (χ4n) is 3.43. The maximum Gasteiger partial charge on any atom is 0.0483 e. The smallest absolute Gasteiger partial charge is 0.0483 e. The standard InChI is InChI=1S/C15H21N3/c1-12(11-17-16-2)18-10-7-13-5-3-4-6-14(13)15(18)8-9-15/h3-6,12,17H,2,7-11H2,1H3. The van der Waals surface area contributed by atoms with Gasteiger partial charge in [-0.05, 0) is 37.3 Å². The van der Waals surface area contributed by atoms with E-state index in [1.807, 2.05) is 0 Å². The molecule has 1 aromatic carbocycles. The molecule has 1 aliphatic carbocycles. The molecule has 0 saturated heterocycles. The monoisotopic (exact) mass is 243 g/mol. The van der Waals surface area contributed by atoms with Crippen LogP contribution >= 0.6 is 0 Å². The van der Waals surface area contributed by atoms with Crippen molar-refractivity contribution in [3.63, 3.8) is 0 Å². The van der Waals surface area contributed by atoms with Crippen molar-refractivity contribution >= 4 is 6.72 Å². The molecule has 3 nitrogen and oxygen atoms in total. The van der Waals surface area contributed by atoms with Gasteiger partial charge in [0.2, 0.25) is 0 Å². The first kappa shape index (κ1) is 11.7. The average molecular weight is 243 g/mol. The Morgan fingerprint density at radius 3 is 2.94 bits per heavy atom. The Kier molecular flexibility index (Phi) is 2.86. The summed E-state index contributed by atoms with van der Waals surface area (Å²) in [4.78, 5) is 2.66. The molecule has 0 bridgehead atoms. The second-order valence-electron chi connectivity index (χ2n) is 5.50. The van der Waals surface area contributed by atoms with Crippen LogP contribution in [0.15, 0.2) is 29.4 Å². The average Bonchev–Trinajstić information content (AvgIpc) is 3.18. The summed E-state index contributed by atoms with van der Waals surface area (Å²) in [7, 11) is 0. The van der Waals surface area contributed by atoms with Gasteiger partial charge in [-0.25, -0.2) is 0 Å². The van der Waals surface area contributed by atoms with E-state index in [-0.39, 0.29) is 0 Å². The maximum absolute atomic E-state index is 3.76. The van der Waals surface area contributed by atoms with Crippen LogP contribution in [0.25, 0.3) is 0 Å². The highest BCUT2D eigenvalue weighted by molar-refractivity contribution is 5.40. The van der Waals surface area contributed by atoms with E-state index in [1.54, 1.807) is 11.1 Å². The van der Waals surface area contributed by atoms with E-state index in [0.717, 1.165) is 13.1 Å². The van der Waals surface area contributed by atoms with Gasteiger partial charge < -0.3 is 5.43 Å². The van der Waals surface area contributed by atoms with Crippen molar-refractivity contribution < 1.29 is 0 Å². The molecule has 2 aliphatic rings. The number of fused-ring (bicyclic) bond motifs is 2. The third-order valence-electron chi connectivity index (χ3n) is 4.44. The zero-order valence-corrected chi connectivity index (χ0v) is 11.0. The van der Waals surface area contributed by atoms with E-state index in [1.165, 1.54) is 19.3 Å². The molecule has 1 N–H and O–H groups in total. The van der Waals surface area contributed by atoms with Gasteiger partial charge in [0.25, 0.3) is 0 Å². The van der Waals surface area contributed by atoms with Crippen LogP contribution < -0.4 is 5.43 Å². The molecule has 1 heterocycles. The van der Waals surface area contributed by atoms with Crippen molar-refractivity contribution in [3.8, 4) is 0 Å². The van der Waals surface area contributed by atoms with Gasteiger partial charge in [0, 0.05) is 31.4 Å². The molecule has 1 spiro atoms. The summed E-state index contributed by atoms with van der Waals surface area (Å²) >= 11 is 0. The van der Waals surface area contributed by atoms with Gasteiger partial charge >= 0.3 is 0 Å². The summed E-state index contributed by atoms with van der Waals surface area (Å²) in [5, 5.41) is 3.76. The minimum Gasteiger partial charge on any atom is -0.309 e. The molecule has 0 amide bonds. The van der Waals surface area contributed by atoms with Crippen molar-refractivity contribution in [1.29, 1.82) is 0 Å². The maximum atomic E-state index is 3.76. The number of hydrogen-bond acceptors (Lipinski definition) is 3. The van der Waals surface area contributed by atoms with E-state index >= 15 is 0 Å². The van der Waals surface area contributed by atoms with E-state index in [9.17, 15) is 0 Å². The highest BCUT2D eigenvalue weighted by Crippen LogP contribution is 2.54. The fourth-order valence-corrected chi connectivity index (χ4v) is 3.43. The molecule has 1 aliphatic heterocycles. The predicted octanol–water partition coefficient (Wildman–Crippen LogP) is 2.13. The van der Waals surface area contributed by atoms with Crippen molar-refractivity contribution in [3.05, 3.63) is 35.4 Å². The lowest BCUT2D eigenvalue weighted by molar-refractivity contribution is 0.112. The molecule has 1 fully saturated rings. The number of nitrogens with one attached hydrogen (secondary N) is 1. The van der Waals surface area contributed by atoms with Gasteiger partial charge in [-0.3, -0.25) is 4.90 Å². The van der Waals surface area contributed by atoms with E-state index in [0.29, 0.717) is 11.6 Å². The quantitative estimate of drug-likeness (QED) is 0.648. The largest absolute Gasteiger partial charge is 0.309 e. The number of benzene rings is 1. The Morgan fingerprint density at radius 2 is 2.22 bits per heavy atom. The Balaban J connectivity index is 1.85. The molecule has 0 radical (unpaired) electrons. The van der Waals surface area contributed by atoms with Crippen LogP contribution in [0, 0.1) is 0 Å². The Labute approximate surface area is 109 Å². The van der Waals surface area contributed by atoms with Crippen LogP contribution in [0.5, 0.6) is 0 Å². The first-order valence-corrected chi connectivity index (χ1v) is 6.82. The highest BCUT2D eigenvalue weighted by atomic mass is 15.3. The molecule has 0 aromatic heterocycles. The Morgan fingerprint density at radius 1 is 1.44 bits per heavy atom. The predicted molar refractivity (Wildman–Crippen MR) is 74.8 cm³/mol. The van der Waals surface area contributed by atoms with E-state index in [2.05, 4.69) is 53.3 Å². The molecular weight excluding hydrogens is 222 g/mol. The molecule has 1 saturated carbocycles. The molecule has 96 valence electrons. The van der Waals surface area contributed by atoms with Gasteiger partial charge in [-0.2, -0.15) is 5.10 Å². The zero-order valence-electron chi connectivity index (χ0n) is 11.0. The van der Waals surface area contributed by atoms with Gasteiger partial charge in [-0.1, -0.05) is 24.3 Å². The van der Waals surface area contributed by atoms with E-state index in [4.69, 9.17) is 0 Å². The topological polar surface area (TPSA) is 27.6 Å². The summed E-state index contributed by atoms with van der Waals surface area (Å²) in [5.74, 6) is 0. The summed E-state index contributed by atoms with van der Waals surface area (Å²) < 4.78 is 0. The molecule has 1 atom stereocenters. The second kappa shape index (κ2) is 4.39. The minimum absolute atomic E-state index is 0.330. The summed E-state index contributed by atoms with van der Waals surface area (Å²) in [5.41, 5.74) is 6.45. The molecule has 1 unspecified atom stereocenters. The lowest BCUT2D eigenvalue weighted by atomic mass is 9.89. The van der Waals surface area contributed by atoms with Gasteiger partial charge in [-0.15, -0.1) is 0 Å². The van der Waals surface area contributed by atoms with Crippen molar-refractivity contribution in [2.24, 2.45) is 5.10 Å². The molecule has 3 heteroatoms. The number of hydrazone groups is 1. The van der Waals surface area contributed by atoms with Crippen LogP contribution in [0.1, 0.15) is 30.9 Å². The van der Waals surface area contributed by atoms with Crippen molar-refractivity contribution in [1.82, 2.24) is 10.3 Å².